The van der Waals surface area contributed by atoms with Crippen LogP contribution in [0.3, 0.4) is 0 Å². The number of halogens is 2. The van der Waals surface area contributed by atoms with Gasteiger partial charge < -0.3 is 0 Å². The van der Waals surface area contributed by atoms with Crippen molar-refractivity contribution in [1.82, 2.24) is 4.90 Å². The molecule has 17 heavy (non-hydrogen) atoms. The molecule has 0 saturated carbocycles. The van der Waals surface area contributed by atoms with E-state index >= 15 is 0 Å². The zero-order valence-electron chi connectivity index (χ0n) is 8.98. The summed E-state index contributed by atoms with van der Waals surface area (Å²) in [5, 5.41) is 0. The number of hydrogen-bond acceptors (Lipinski definition) is 2. The number of carbonyl (C=O) groups is 2. The van der Waals surface area contributed by atoms with Crippen molar-refractivity contribution in [2.45, 2.75) is 13.0 Å². The highest BCUT2D eigenvalue weighted by Crippen LogP contribution is 2.26. The average molecular weight is 237 g/mol. The van der Waals surface area contributed by atoms with Crippen LogP contribution in [0.2, 0.25) is 0 Å². The van der Waals surface area contributed by atoms with Gasteiger partial charge in [0, 0.05) is 23.8 Å². The van der Waals surface area contributed by atoms with Crippen molar-refractivity contribution in [3.63, 3.8) is 0 Å². The minimum atomic E-state index is -0.773. The Morgan fingerprint density at radius 1 is 1.12 bits per heavy atom. The van der Waals surface area contributed by atoms with Gasteiger partial charge in [-0.25, -0.2) is 8.78 Å². The van der Waals surface area contributed by atoms with Gasteiger partial charge in [0.05, 0.1) is 6.04 Å². The Hall–Kier alpha value is -2.04. The van der Waals surface area contributed by atoms with Gasteiger partial charge in [-0.15, -0.1) is 0 Å². The van der Waals surface area contributed by atoms with E-state index < -0.39 is 29.5 Å². The molecule has 1 atom stereocenters. The third-order valence-electron chi connectivity index (χ3n) is 2.64. The Bertz CT molecular complexity index is 507. The molecule has 0 bridgehead atoms. The standard InChI is InChI=1S/C12H9F2NO2/c1-7(15-11(16)4-5-12(15)17)9-3-2-8(13)6-10(9)14/h2-7H,1H3. The highest BCUT2D eigenvalue weighted by molar-refractivity contribution is 6.13. The van der Waals surface area contributed by atoms with Crippen LogP contribution in [-0.2, 0) is 9.59 Å². The van der Waals surface area contributed by atoms with Crippen LogP contribution >= 0.6 is 0 Å². The van der Waals surface area contributed by atoms with Gasteiger partial charge >= 0.3 is 0 Å². The van der Waals surface area contributed by atoms with Gasteiger partial charge in [-0.1, -0.05) is 6.07 Å². The fourth-order valence-electron chi connectivity index (χ4n) is 1.77. The molecule has 0 fully saturated rings. The van der Waals surface area contributed by atoms with Crippen molar-refractivity contribution < 1.29 is 18.4 Å². The van der Waals surface area contributed by atoms with E-state index in [1.54, 1.807) is 0 Å². The highest BCUT2D eigenvalue weighted by atomic mass is 19.1. The van der Waals surface area contributed by atoms with Crippen LogP contribution in [-0.4, -0.2) is 16.7 Å². The molecular formula is C12H9F2NO2. The van der Waals surface area contributed by atoms with E-state index in [9.17, 15) is 18.4 Å². The summed E-state index contributed by atoms with van der Waals surface area (Å²) in [4.78, 5) is 23.7. The maximum Gasteiger partial charge on any atom is 0.254 e. The Labute approximate surface area is 96.3 Å². The summed E-state index contributed by atoms with van der Waals surface area (Å²) in [6.07, 6.45) is 2.25. The van der Waals surface area contributed by atoms with Crippen molar-refractivity contribution in [3.05, 3.63) is 47.5 Å². The molecule has 2 amide bonds. The summed E-state index contributed by atoms with van der Waals surface area (Å²) in [5.74, 6) is -2.46. The first-order valence-corrected chi connectivity index (χ1v) is 5.01. The van der Waals surface area contributed by atoms with Gasteiger partial charge in [-0.3, -0.25) is 14.5 Å². The number of amides is 2. The zero-order valence-corrected chi connectivity index (χ0v) is 8.98. The highest BCUT2D eigenvalue weighted by Gasteiger charge is 2.30. The van der Waals surface area contributed by atoms with Crippen LogP contribution in [0.5, 0.6) is 0 Å². The lowest BCUT2D eigenvalue weighted by Crippen LogP contribution is -2.33. The van der Waals surface area contributed by atoms with Crippen LogP contribution in [0.15, 0.2) is 30.4 Å². The summed E-state index contributed by atoms with van der Waals surface area (Å²) in [5.41, 5.74) is 0.108. The van der Waals surface area contributed by atoms with Gasteiger partial charge in [0.25, 0.3) is 11.8 Å². The molecule has 2 rings (SSSR count). The van der Waals surface area contributed by atoms with Gasteiger partial charge in [0.1, 0.15) is 11.6 Å². The number of rotatable bonds is 2. The topological polar surface area (TPSA) is 37.4 Å². The fourth-order valence-corrected chi connectivity index (χ4v) is 1.77. The first kappa shape index (κ1) is 11.4. The summed E-state index contributed by atoms with van der Waals surface area (Å²) in [7, 11) is 0. The van der Waals surface area contributed by atoms with Gasteiger partial charge in [-0.05, 0) is 13.0 Å². The maximum absolute atomic E-state index is 13.5. The van der Waals surface area contributed by atoms with Gasteiger partial charge in [-0.2, -0.15) is 0 Å². The van der Waals surface area contributed by atoms with Crippen molar-refractivity contribution in [2.75, 3.05) is 0 Å². The van der Waals surface area contributed by atoms with Crippen LogP contribution in [0, 0.1) is 11.6 Å². The Morgan fingerprint density at radius 3 is 2.24 bits per heavy atom. The number of hydrogen-bond donors (Lipinski definition) is 0. The van der Waals surface area contributed by atoms with E-state index in [0.29, 0.717) is 0 Å². The molecule has 0 N–H and O–H groups in total. The molecular weight excluding hydrogens is 228 g/mol. The predicted molar refractivity (Wildman–Crippen MR) is 55.8 cm³/mol. The summed E-state index contributed by atoms with van der Waals surface area (Å²) >= 11 is 0. The van der Waals surface area contributed by atoms with Crippen LogP contribution in [0.1, 0.15) is 18.5 Å². The minimum absolute atomic E-state index is 0.108. The molecule has 0 saturated heterocycles. The molecule has 5 heteroatoms. The van der Waals surface area contributed by atoms with E-state index in [-0.39, 0.29) is 5.56 Å². The molecule has 0 aliphatic carbocycles. The Kier molecular flexibility index (Phi) is 2.75. The third kappa shape index (κ3) is 1.95. The van der Waals surface area contributed by atoms with Crippen LogP contribution < -0.4 is 0 Å². The molecule has 1 aliphatic rings. The smallest absolute Gasteiger partial charge is 0.254 e. The lowest BCUT2D eigenvalue weighted by Gasteiger charge is -2.23. The predicted octanol–water partition coefficient (Wildman–Crippen LogP) is 1.95. The van der Waals surface area contributed by atoms with Gasteiger partial charge in [0.2, 0.25) is 0 Å². The van der Waals surface area contributed by atoms with Crippen LogP contribution in [0.4, 0.5) is 8.78 Å². The second-order valence-corrected chi connectivity index (χ2v) is 3.72. The lowest BCUT2D eigenvalue weighted by atomic mass is 10.1. The average Bonchev–Trinajstić information content (AvgIpc) is 2.58. The van der Waals surface area contributed by atoms with Crippen molar-refractivity contribution >= 4 is 11.8 Å². The van der Waals surface area contributed by atoms with E-state index in [1.807, 2.05) is 0 Å². The second-order valence-electron chi connectivity index (χ2n) is 3.72. The first-order valence-electron chi connectivity index (χ1n) is 5.01. The SMILES string of the molecule is CC(c1ccc(F)cc1F)N1C(=O)C=CC1=O. The molecule has 88 valence electrons. The summed E-state index contributed by atoms with van der Waals surface area (Å²) < 4.78 is 26.2. The Balaban J connectivity index is 2.34. The third-order valence-corrected chi connectivity index (χ3v) is 2.64. The summed E-state index contributed by atoms with van der Waals surface area (Å²) in [6.45, 7) is 1.51. The molecule has 0 radical (unpaired) electrons. The first-order chi connectivity index (χ1) is 8.00. The quantitative estimate of drug-likeness (QED) is 0.737. The molecule has 0 spiro atoms. The molecule has 1 aromatic rings. The van der Waals surface area contributed by atoms with E-state index in [1.165, 1.54) is 13.0 Å². The van der Waals surface area contributed by atoms with E-state index in [2.05, 4.69) is 0 Å². The molecule has 0 aromatic heterocycles. The van der Waals surface area contributed by atoms with Crippen LogP contribution in [0.25, 0.3) is 0 Å². The lowest BCUT2D eigenvalue weighted by molar-refractivity contribution is -0.139. The van der Waals surface area contributed by atoms with E-state index in [0.717, 1.165) is 29.2 Å². The number of carbonyl (C=O) groups excluding carboxylic acids is 2. The molecule has 1 aromatic carbocycles. The molecule has 1 aliphatic heterocycles. The number of benzene rings is 1. The Morgan fingerprint density at radius 2 is 1.71 bits per heavy atom. The molecule has 3 nitrogen and oxygen atoms in total. The molecule has 1 unspecified atom stereocenters. The van der Waals surface area contributed by atoms with Gasteiger partial charge in [0.15, 0.2) is 0 Å². The monoisotopic (exact) mass is 237 g/mol. The maximum atomic E-state index is 13.5. The van der Waals surface area contributed by atoms with E-state index in [4.69, 9.17) is 0 Å². The normalized spacial score (nSPS) is 16.8. The van der Waals surface area contributed by atoms with Crippen molar-refractivity contribution in [2.24, 2.45) is 0 Å². The zero-order chi connectivity index (χ0) is 12.6. The fraction of sp³-hybridized carbons (Fsp3) is 0.167. The second kappa shape index (κ2) is 4.08. The largest absolute Gasteiger partial charge is 0.269 e. The minimum Gasteiger partial charge on any atom is -0.269 e. The molecule has 1 heterocycles. The summed E-state index contributed by atoms with van der Waals surface area (Å²) in [6, 6.07) is 2.29. The van der Waals surface area contributed by atoms with Crippen molar-refractivity contribution in [1.29, 1.82) is 0 Å². The number of nitrogens with zero attached hydrogens (tertiary/aromatic N) is 1. The van der Waals surface area contributed by atoms with Crippen molar-refractivity contribution in [3.8, 4) is 0 Å². The number of imide groups is 1.